The maximum absolute atomic E-state index is 10.8. The highest BCUT2D eigenvalue weighted by molar-refractivity contribution is 6.33. The summed E-state index contributed by atoms with van der Waals surface area (Å²) < 4.78 is 5.48. The number of hydrogen-bond donors (Lipinski definition) is 2. The lowest BCUT2D eigenvalue weighted by Crippen LogP contribution is -2.12. The van der Waals surface area contributed by atoms with E-state index in [-0.39, 0.29) is 17.5 Å². The molecule has 0 saturated carbocycles. The van der Waals surface area contributed by atoms with Crippen LogP contribution in [0.1, 0.15) is 11.6 Å². The van der Waals surface area contributed by atoms with E-state index in [1.165, 1.54) is 24.3 Å². The van der Waals surface area contributed by atoms with E-state index < -0.39 is 4.92 Å². The monoisotopic (exact) mass is 306 g/mol. The fourth-order valence-electron chi connectivity index (χ4n) is 2.24. The van der Waals surface area contributed by atoms with Gasteiger partial charge in [0.15, 0.2) is 0 Å². The SMILES string of the molecule is O=[N+]([O-])c1ccc(Cl)c(NC2COc3cc(O)ccc32)c1. The van der Waals surface area contributed by atoms with Crippen LogP contribution in [-0.4, -0.2) is 16.6 Å². The number of aromatic hydroxyl groups is 1. The minimum atomic E-state index is -0.474. The predicted molar refractivity (Wildman–Crippen MR) is 78.1 cm³/mol. The first-order chi connectivity index (χ1) is 10.0. The van der Waals surface area contributed by atoms with E-state index in [9.17, 15) is 15.2 Å². The average molecular weight is 307 g/mol. The summed E-state index contributed by atoms with van der Waals surface area (Å²) in [5.74, 6) is 0.719. The van der Waals surface area contributed by atoms with Crippen LogP contribution in [0.4, 0.5) is 11.4 Å². The van der Waals surface area contributed by atoms with Gasteiger partial charge >= 0.3 is 0 Å². The van der Waals surface area contributed by atoms with Crippen molar-refractivity contribution in [1.29, 1.82) is 0 Å². The van der Waals surface area contributed by atoms with Crippen molar-refractivity contribution in [3.8, 4) is 11.5 Å². The molecule has 0 spiro atoms. The normalized spacial score (nSPS) is 16.1. The zero-order valence-electron chi connectivity index (χ0n) is 10.7. The summed E-state index contributed by atoms with van der Waals surface area (Å²) in [5, 5.41) is 23.8. The molecule has 0 aliphatic carbocycles. The van der Waals surface area contributed by atoms with Gasteiger partial charge in [-0.3, -0.25) is 10.1 Å². The molecule has 108 valence electrons. The number of fused-ring (bicyclic) bond motifs is 1. The van der Waals surface area contributed by atoms with Gasteiger partial charge in [0.2, 0.25) is 0 Å². The molecule has 0 aromatic heterocycles. The minimum Gasteiger partial charge on any atom is -0.508 e. The molecular weight excluding hydrogens is 296 g/mol. The van der Waals surface area contributed by atoms with Crippen LogP contribution >= 0.6 is 11.6 Å². The van der Waals surface area contributed by atoms with E-state index in [2.05, 4.69) is 5.32 Å². The number of rotatable bonds is 3. The highest BCUT2D eigenvalue weighted by atomic mass is 35.5. The van der Waals surface area contributed by atoms with Crippen molar-refractivity contribution in [2.45, 2.75) is 6.04 Å². The predicted octanol–water partition coefficient (Wildman–Crippen LogP) is 3.50. The number of anilines is 1. The molecule has 0 bridgehead atoms. The van der Waals surface area contributed by atoms with Gasteiger partial charge in [-0.1, -0.05) is 11.6 Å². The Kier molecular flexibility index (Phi) is 3.31. The van der Waals surface area contributed by atoms with Gasteiger partial charge in [-0.05, 0) is 18.2 Å². The number of nitrogens with zero attached hydrogens (tertiary/aromatic N) is 1. The van der Waals surface area contributed by atoms with Crippen molar-refractivity contribution in [3.05, 3.63) is 57.1 Å². The first-order valence-electron chi connectivity index (χ1n) is 6.21. The van der Waals surface area contributed by atoms with Gasteiger partial charge in [0, 0.05) is 23.8 Å². The summed E-state index contributed by atoms with van der Waals surface area (Å²) in [4.78, 5) is 10.3. The van der Waals surface area contributed by atoms with E-state index in [0.717, 1.165) is 5.56 Å². The Bertz CT molecular complexity index is 720. The van der Waals surface area contributed by atoms with Crippen molar-refractivity contribution < 1.29 is 14.8 Å². The second kappa shape index (κ2) is 5.14. The fourth-order valence-corrected chi connectivity index (χ4v) is 2.42. The number of hydrogen-bond acceptors (Lipinski definition) is 5. The molecule has 3 rings (SSSR count). The first kappa shape index (κ1) is 13.5. The molecule has 2 N–H and O–H groups in total. The fraction of sp³-hybridized carbons (Fsp3) is 0.143. The van der Waals surface area contributed by atoms with Gasteiger partial charge in [0.25, 0.3) is 5.69 Å². The smallest absolute Gasteiger partial charge is 0.271 e. The van der Waals surface area contributed by atoms with Crippen LogP contribution in [0.2, 0.25) is 5.02 Å². The molecule has 0 fully saturated rings. The number of benzene rings is 2. The van der Waals surface area contributed by atoms with Crippen LogP contribution in [0.15, 0.2) is 36.4 Å². The van der Waals surface area contributed by atoms with Crippen molar-refractivity contribution in [1.82, 2.24) is 0 Å². The van der Waals surface area contributed by atoms with E-state index in [1.54, 1.807) is 12.1 Å². The van der Waals surface area contributed by atoms with Crippen LogP contribution in [0.3, 0.4) is 0 Å². The van der Waals surface area contributed by atoms with Gasteiger partial charge < -0.3 is 15.2 Å². The average Bonchev–Trinajstić information content (AvgIpc) is 2.83. The molecule has 0 radical (unpaired) electrons. The highest BCUT2D eigenvalue weighted by Crippen LogP contribution is 2.38. The van der Waals surface area contributed by atoms with Gasteiger partial charge in [-0.25, -0.2) is 0 Å². The van der Waals surface area contributed by atoms with Crippen molar-refractivity contribution in [2.24, 2.45) is 0 Å². The quantitative estimate of drug-likeness (QED) is 0.669. The Morgan fingerprint density at radius 2 is 2.14 bits per heavy atom. The Balaban J connectivity index is 1.89. The first-order valence-corrected chi connectivity index (χ1v) is 6.58. The molecular formula is C14H11ClN2O4. The molecule has 2 aromatic carbocycles. The second-order valence-electron chi connectivity index (χ2n) is 4.65. The number of phenolic OH excluding ortho intramolecular Hbond substituents is 1. The minimum absolute atomic E-state index is 0.0354. The van der Waals surface area contributed by atoms with Gasteiger partial charge in [0.05, 0.1) is 21.7 Å². The highest BCUT2D eigenvalue weighted by Gasteiger charge is 2.25. The molecule has 1 heterocycles. The Labute approximate surface area is 125 Å². The lowest BCUT2D eigenvalue weighted by Gasteiger charge is -2.14. The number of halogens is 1. The van der Waals surface area contributed by atoms with E-state index in [1.807, 2.05) is 0 Å². The molecule has 1 aliphatic rings. The summed E-state index contributed by atoms with van der Waals surface area (Å²) >= 11 is 6.07. The Morgan fingerprint density at radius 1 is 1.33 bits per heavy atom. The third kappa shape index (κ3) is 2.57. The third-order valence-electron chi connectivity index (χ3n) is 3.27. The maximum atomic E-state index is 10.8. The van der Waals surface area contributed by atoms with Crippen LogP contribution in [0, 0.1) is 10.1 Å². The number of nitro groups is 1. The van der Waals surface area contributed by atoms with Crippen LogP contribution in [0.25, 0.3) is 0 Å². The van der Waals surface area contributed by atoms with Crippen molar-refractivity contribution in [3.63, 3.8) is 0 Å². The number of ether oxygens (including phenoxy) is 1. The molecule has 1 unspecified atom stereocenters. The standard InChI is InChI=1S/C14H11ClN2O4/c15-11-4-1-8(17(19)20)5-12(11)16-13-7-21-14-6-9(18)2-3-10(13)14/h1-6,13,16,18H,7H2. The Morgan fingerprint density at radius 3 is 2.90 bits per heavy atom. The largest absolute Gasteiger partial charge is 0.508 e. The number of nitrogens with one attached hydrogen (secondary N) is 1. The van der Waals surface area contributed by atoms with Crippen LogP contribution in [-0.2, 0) is 0 Å². The van der Waals surface area contributed by atoms with Gasteiger partial charge in [0.1, 0.15) is 18.1 Å². The molecule has 21 heavy (non-hydrogen) atoms. The third-order valence-corrected chi connectivity index (χ3v) is 3.60. The number of phenols is 1. The molecule has 2 aromatic rings. The summed E-state index contributed by atoms with van der Waals surface area (Å²) in [6.45, 7) is 0.359. The molecule has 1 aliphatic heterocycles. The lowest BCUT2D eigenvalue weighted by molar-refractivity contribution is -0.384. The summed E-state index contributed by atoms with van der Waals surface area (Å²) in [7, 11) is 0. The summed E-state index contributed by atoms with van der Waals surface area (Å²) in [6, 6.07) is 8.89. The molecule has 0 amide bonds. The lowest BCUT2D eigenvalue weighted by atomic mass is 10.1. The van der Waals surface area contributed by atoms with Crippen LogP contribution in [0.5, 0.6) is 11.5 Å². The molecule has 7 heteroatoms. The summed E-state index contributed by atoms with van der Waals surface area (Å²) in [6.07, 6.45) is 0. The number of nitro benzene ring substituents is 1. The van der Waals surface area contributed by atoms with Gasteiger partial charge in [-0.15, -0.1) is 0 Å². The Hall–Kier alpha value is -2.47. The molecule has 0 saturated heterocycles. The maximum Gasteiger partial charge on any atom is 0.271 e. The van der Waals surface area contributed by atoms with Crippen molar-refractivity contribution >= 4 is 23.0 Å². The van der Waals surface area contributed by atoms with E-state index in [4.69, 9.17) is 16.3 Å². The zero-order chi connectivity index (χ0) is 15.0. The van der Waals surface area contributed by atoms with Crippen molar-refractivity contribution in [2.75, 3.05) is 11.9 Å². The number of non-ortho nitro benzene ring substituents is 1. The topological polar surface area (TPSA) is 84.6 Å². The molecule has 1 atom stereocenters. The second-order valence-corrected chi connectivity index (χ2v) is 5.06. The summed E-state index contributed by atoms with van der Waals surface area (Å²) in [5.41, 5.74) is 1.31. The molecule has 6 nitrogen and oxygen atoms in total. The van der Waals surface area contributed by atoms with Crippen LogP contribution < -0.4 is 10.1 Å². The van der Waals surface area contributed by atoms with E-state index in [0.29, 0.717) is 23.1 Å². The van der Waals surface area contributed by atoms with Gasteiger partial charge in [-0.2, -0.15) is 0 Å². The van der Waals surface area contributed by atoms with E-state index >= 15 is 0 Å². The zero-order valence-corrected chi connectivity index (χ0v) is 11.5.